The fourth-order valence-corrected chi connectivity index (χ4v) is 2.42. The van der Waals surface area contributed by atoms with E-state index in [4.69, 9.17) is 23.2 Å². The van der Waals surface area contributed by atoms with Gasteiger partial charge in [-0.2, -0.15) is 18.3 Å². The standard InChI is InChI=1S/C13H12Cl2F3N3/c1-2-3-11-8(5-14)6-20-21(11)12-10(15)4-9(7-19-12)13(16,17)18/h4,6-7H,2-3,5H2,1H3. The van der Waals surface area contributed by atoms with Crippen LogP contribution >= 0.6 is 23.2 Å². The van der Waals surface area contributed by atoms with Gasteiger partial charge in [-0.3, -0.25) is 0 Å². The highest BCUT2D eigenvalue weighted by molar-refractivity contribution is 6.32. The molecule has 0 aliphatic carbocycles. The molecule has 0 radical (unpaired) electrons. The van der Waals surface area contributed by atoms with Gasteiger partial charge < -0.3 is 0 Å². The minimum Gasteiger partial charge on any atom is -0.235 e. The molecule has 8 heteroatoms. The molecule has 2 heterocycles. The summed E-state index contributed by atoms with van der Waals surface area (Å²) in [5.74, 6) is 0.442. The number of nitrogens with zero attached hydrogens (tertiary/aromatic N) is 3. The van der Waals surface area contributed by atoms with Crippen molar-refractivity contribution in [1.29, 1.82) is 0 Å². The second-order valence-corrected chi connectivity index (χ2v) is 5.11. The molecule has 0 aliphatic rings. The van der Waals surface area contributed by atoms with Gasteiger partial charge in [-0.05, 0) is 12.5 Å². The number of rotatable bonds is 4. The predicted octanol–water partition coefficient (Wildman–Crippen LogP) is 4.63. The molecule has 2 aromatic rings. The number of hydrogen-bond acceptors (Lipinski definition) is 2. The van der Waals surface area contributed by atoms with Crippen molar-refractivity contribution in [1.82, 2.24) is 14.8 Å². The first-order valence-electron chi connectivity index (χ1n) is 6.23. The first-order chi connectivity index (χ1) is 9.88. The first-order valence-corrected chi connectivity index (χ1v) is 7.14. The van der Waals surface area contributed by atoms with Gasteiger partial charge in [-0.1, -0.05) is 24.9 Å². The monoisotopic (exact) mass is 337 g/mol. The van der Waals surface area contributed by atoms with Crippen LogP contribution in [0.2, 0.25) is 5.02 Å². The van der Waals surface area contributed by atoms with E-state index in [1.807, 2.05) is 6.92 Å². The van der Waals surface area contributed by atoms with E-state index in [9.17, 15) is 13.2 Å². The Morgan fingerprint density at radius 2 is 2.00 bits per heavy atom. The molecule has 0 saturated carbocycles. The lowest BCUT2D eigenvalue weighted by molar-refractivity contribution is -0.137. The zero-order chi connectivity index (χ0) is 15.6. The quantitative estimate of drug-likeness (QED) is 0.761. The van der Waals surface area contributed by atoms with E-state index < -0.39 is 11.7 Å². The van der Waals surface area contributed by atoms with Crippen LogP contribution in [0.3, 0.4) is 0 Å². The Morgan fingerprint density at radius 1 is 1.29 bits per heavy atom. The molecule has 2 rings (SSSR count). The lowest BCUT2D eigenvalue weighted by atomic mass is 10.2. The van der Waals surface area contributed by atoms with E-state index in [2.05, 4.69) is 10.1 Å². The van der Waals surface area contributed by atoms with Crippen molar-refractivity contribution >= 4 is 23.2 Å². The first kappa shape index (κ1) is 16.1. The van der Waals surface area contributed by atoms with Crippen LogP contribution in [-0.4, -0.2) is 14.8 Å². The molecule has 0 unspecified atom stereocenters. The minimum atomic E-state index is -4.48. The van der Waals surface area contributed by atoms with Gasteiger partial charge >= 0.3 is 6.18 Å². The highest BCUT2D eigenvalue weighted by Gasteiger charge is 2.32. The second kappa shape index (κ2) is 6.23. The molecule has 3 nitrogen and oxygen atoms in total. The van der Waals surface area contributed by atoms with E-state index in [0.29, 0.717) is 6.42 Å². The molecule has 0 saturated heterocycles. The Morgan fingerprint density at radius 3 is 2.52 bits per heavy atom. The zero-order valence-electron chi connectivity index (χ0n) is 11.1. The minimum absolute atomic E-state index is 0.105. The zero-order valence-corrected chi connectivity index (χ0v) is 12.6. The van der Waals surface area contributed by atoms with Gasteiger partial charge in [-0.25, -0.2) is 9.67 Å². The Labute approximate surface area is 129 Å². The highest BCUT2D eigenvalue weighted by atomic mass is 35.5. The summed E-state index contributed by atoms with van der Waals surface area (Å²) in [7, 11) is 0. The molecule has 0 atom stereocenters. The molecular weight excluding hydrogens is 326 g/mol. The van der Waals surface area contributed by atoms with Crippen LogP contribution in [0.1, 0.15) is 30.2 Å². The van der Waals surface area contributed by atoms with E-state index >= 15 is 0 Å². The average Bonchev–Trinajstić information content (AvgIpc) is 2.81. The Balaban J connectivity index is 2.50. The molecule has 0 N–H and O–H groups in total. The van der Waals surface area contributed by atoms with Gasteiger partial charge in [0.15, 0.2) is 5.82 Å². The maximum absolute atomic E-state index is 12.6. The third kappa shape index (κ3) is 3.32. The van der Waals surface area contributed by atoms with Gasteiger partial charge in [0.05, 0.1) is 28.4 Å². The topological polar surface area (TPSA) is 30.7 Å². The highest BCUT2D eigenvalue weighted by Crippen LogP contribution is 2.32. The Kier molecular flexibility index (Phi) is 4.78. The molecule has 0 bridgehead atoms. The van der Waals surface area contributed by atoms with Crippen molar-refractivity contribution in [2.24, 2.45) is 0 Å². The third-order valence-electron chi connectivity index (χ3n) is 2.94. The maximum atomic E-state index is 12.6. The largest absolute Gasteiger partial charge is 0.417 e. The number of hydrogen-bond donors (Lipinski definition) is 0. The van der Waals surface area contributed by atoms with E-state index in [1.165, 1.54) is 4.68 Å². The fourth-order valence-electron chi connectivity index (χ4n) is 1.95. The van der Waals surface area contributed by atoms with Crippen molar-refractivity contribution in [2.45, 2.75) is 31.8 Å². The smallest absolute Gasteiger partial charge is 0.235 e. The number of alkyl halides is 4. The lowest BCUT2D eigenvalue weighted by Gasteiger charge is -2.11. The fraction of sp³-hybridized carbons (Fsp3) is 0.385. The van der Waals surface area contributed by atoms with Gasteiger partial charge in [0.1, 0.15) is 0 Å². The summed E-state index contributed by atoms with van der Waals surface area (Å²) >= 11 is 11.8. The van der Waals surface area contributed by atoms with E-state index in [1.54, 1.807) is 6.20 Å². The van der Waals surface area contributed by atoms with Gasteiger partial charge in [-0.15, -0.1) is 11.6 Å². The van der Waals surface area contributed by atoms with E-state index in [0.717, 1.165) is 29.9 Å². The average molecular weight is 338 g/mol. The molecule has 0 aliphatic heterocycles. The third-order valence-corrected chi connectivity index (χ3v) is 3.50. The van der Waals surface area contributed by atoms with Crippen molar-refractivity contribution in [3.05, 3.63) is 40.3 Å². The SMILES string of the molecule is CCCc1c(CCl)cnn1-c1ncc(C(F)(F)F)cc1Cl. The summed E-state index contributed by atoms with van der Waals surface area (Å²) in [6.45, 7) is 1.98. The number of halogens is 5. The summed E-state index contributed by atoms with van der Waals surface area (Å²) in [5, 5.41) is 4.03. The lowest BCUT2D eigenvalue weighted by Crippen LogP contribution is -2.10. The molecular formula is C13H12Cl2F3N3. The molecule has 114 valence electrons. The summed E-state index contributed by atoms with van der Waals surface area (Å²) in [4.78, 5) is 3.81. The van der Waals surface area contributed by atoms with Gasteiger partial charge in [0.2, 0.25) is 0 Å². The van der Waals surface area contributed by atoms with Crippen LogP contribution in [-0.2, 0) is 18.5 Å². The van der Waals surface area contributed by atoms with Crippen molar-refractivity contribution in [3.8, 4) is 5.82 Å². The van der Waals surface area contributed by atoms with Crippen LogP contribution in [0.15, 0.2) is 18.5 Å². The van der Waals surface area contributed by atoms with Crippen LogP contribution in [0.5, 0.6) is 0 Å². The van der Waals surface area contributed by atoms with Gasteiger partial charge in [0, 0.05) is 11.8 Å². The van der Waals surface area contributed by atoms with Crippen molar-refractivity contribution in [3.63, 3.8) is 0 Å². The summed E-state index contributed by atoms with van der Waals surface area (Å²) < 4.78 is 39.3. The summed E-state index contributed by atoms with van der Waals surface area (Å²) in [6.07, 6.45) is -0.631. The molecule has 21 heavy (non-hydrogen) atoms. The van der Waals surface area contributed by atoms with Crippen LogP contribution < -0.4 is 0 Å². The van der Waals surface area contributed by atoms with E-state index in [-0.39, 0.29) is 16.7 Å². The Hall–Kier alpha value is -1.27. The maximum Gasteiger partial charge on any atom is 0.417 e. The van der Waals surface area contributed by atoms with Crippen LogP contribution in [0.25, 0.3) is 5.82 Å². The van der Waals surface area contributed by atoms with Crippen LogP contribution in [0, 0.1) is 0 Å². The van der Waals surface area contributed by atoms with Gasteiger partial charge in [0.25, 0.3) is 0 Å². The summed E-state index contributed by atoms with van der Waals surface area (Å²) in [6, 6.07) is 0.849. The Bertz CT molecular complexity index is 638. The molecule has 0 spiro atoms. The van der Waals surface area contributed by atoms with Crippen LogP contribution in [0.4, 0.5) is 13.2 Å². The predicted molar refractivity (Wildman–Crippen MR) is 74.9 cm³/mol. The number of pyridine rings is 1. The number of aromatic nitrogens is 3. The summed E-state index contributed by atoms with van der Waals surface area (Å²) in [5.41, 5.74) is 0.732. The van der Waals surface area contributed by atoms with Crippen molar-refractivity contribution in [2.75, 3.05) is 0 Å². The normalized spacial score (nSPS) is 11.9. The second-order valence-electron chi connectivity index (χ2n) is 4.44. The molecule has 2 aromatic heterocycles. The van der Waals surface area contributed by atoms with Crippen molar-refractivity contribution < 1.29 is 13.2 Å². The molecule has 0 amide bonds. The molecule has 0 aromatic carbocycles. The molecule has 0 fully saturated rings.